The number of nitrogens with one attached hydrogen (secondary N) is 1. The maximum Gasteiger partial charge on any atom is 0.231 e. The van der Waals surface area contributed by atoms with Gasteiger partial charge in [0.1, 0.15) is 0 Å². The van der Waals surface area contributed by atoms with E-state index in [9.17, 15) is 4.79 Å². The Morgan fingerprint density at radius 3 is 2.69 bits per heavy atom. The Hall–Kier alpha value is -2.05. The number of hydrogen-bond acceptors (Lipinski definition) is 4. The fourth-order valence-electron chi connectivity index (χ4n) is 4.29. The molecule has 1 aliphatic rings. The van der Waals surface area contributed by atoms with Gasteiger partial charge in [-0.25, -0.2) is 0 Å². The lowest BCUT2D eigenvalue weighted by molar-refractivity contribution is -0.127. The third kappa shape index (κ3) is 4.01. The largest absolute Gasteiger partial charge is 0.345 e. The summed E-state index contributed by atoms with van der Waals surface area (Å²) in [6, 6.07) is 13.4. The van der Waals surface area contributed by atoms with E-state index in [0.717, 1.165) is 54.9 Å². The molecule has 0 unspecified atom stereocenters. The number of carbonyl (C=O) groups excluding carboxylic acids is 1. The smallest absolute Gasteiger partial charge is 0.231 e. The lowest BCUT2D eigenvalue weighted by Crippen LogP contribution is -2.44. The molecule has 29 heavy (non-hydrogen) atoms. The normalized spacial score (nSPS) is 16.8. The number of pyridine rings is 1. The summed E-state index contributed by atoms with van der Waals surface area (Å²) in [6.07, 6.45) is 8.66. The topological polar surface area (TPSA) is 59.3 Å². The molecule has 7 heteroatoms. The van der Waals surface area contributed by atoms with Crippen molar-refractivity contribution in [2.24, 2.45) is 0 Å². The Balaban J connectivity index is 1.65. The quantitative estimate of drug-likeness (QED) is 0.586. The van der Waals surface area contributed by atoms with Crippen molar-refractivity contribution < 1.29 is 4.79 Å². The van der Waals surface area contributed by atoms with Crippen LogP contribution in [-0.2, 0) is 10.2 Å². The first kappa shape index (κ1) is 20.2. The lowest BCUT2D eigenvalue weighted by Gasteiger charge is -2.30. The van der Waals surface area contributed by atoms with Crippen molar-refractivity contribution in [3.63, 3.8) is 0 Å². The maximum atomic E-state index is 13.6. The Labute approximate surface area is 180 Å². The first-order chi connectivity index (χ1) is 14.1. The SMILES string of the molecule is CSCC[C@H](NC(=O)C1(c2ccc(Cl)cc2)CCCC1)c1nnc2ccccn12. The highest BCUT2D eigenvalue weighted by molar-refractivity contribution is 7.98. The maximum absolute atomic E-state index is 13.6. The number of nitrogens with zero attached hydrogens (tertiary/aromatic N) is 3. The molecule has 5 nitrogen and oxygen atoms in total. The number of benzene rings is 1. The molecule has 0 radical (unpaired) electrons. The first-order valence-corrected chi connectivity index (χ1v) is 11.8. The van der Waals surface area contributed by atoms with Crippen molar-refractivity contribution in [1.82, 2.24) is 19.9 Å². The van der Waals surface area contributed by atoms with Gasteiger partial charge in [-0.05, 0) is 61.1 Å². The summed E-state index contributed by atoms with van der Waals surface area (Å²) in [5.41, 5.74) is 1.34. The number of thioether (sulfide) groups is 1. The van der Waals surface area contributed by atoms with E-state index in [1.807, 2.05) is 53.1 Å². The molecule has 0 spiro atoms. The van der Waals surface area contributed by atoms with Crippen molar-refractivity contribution in [1.29, 1.82) is 0 Å². The fraction of sp³-hybridized carbons (Fsp3) is 0.409. The van der Waals surface area contributed by atoms with Gasteiger partial charge in [-0.15, -0.1) is 10.2 Å². The summed E-state index contributed by atoms with van der Waals surface area (Å²) in [5.74, 6) is 1.80. The van der Waals surface area contributed by atoms with Crippen LogP contribution < -0.4 is 5.32 Å². The standard InChI is InChI=1S/C22H25ClN4OS/c1-29-15-11-18(20-26-25-19-6-2-5-14-27(19)20)24-21(28)22(12-3-4-13-22)16-7-9-17(23)10-8-16/h2,5-10,14,18H,3-4,11-13,15H2,1H3,(H,24,28)/t18-/m0/s1. The molecule has 1 N–H and O–H groups in total. The second-order valence-corrected chi connectivity index (χ2v) is 9.01. The second-order valence-electron chi connectivity index (χ2n) is 7.59. The van der Waals surface area contributed by atoms with Gasteiger partial charge in [0, 0.05) is 11.2 Å². The van der Waals surface area contributed by atoms with Gasteiger partial charge in [-0.1, -0.05) is 42.6 Å². The molecular weight excluding hydrogens is 404 g/mol. The van der Waals surface area contributed by atoms with Crippen LogP contribution in [0.15, 0.2) is 48.7 Å². The summed E-state index contributed by atoms with van der Waals surface area (Å²) >= 11 is 7.85. The zero-order chi connectivity index (χ0) is 20.3. The van der Waals surface area contributed by atoms with Gasteiger partial charge in [0.25, 0.3) is 0 Å². The number of carbonyl (C=O) groups is 1. The number of aromatic nitrogens is 3. The predicted octanol–water partition coefficient (Wildman–Crippen LogP) is 4.81. The third-order valence-electron chi connectivity index (χ3n) is 5.86. The van der Waals surface area contributed by atoms with Gasteiger partial charge >= 0.3 is 0 Å². The van der Waals surface area contributed by atoms with Crippen molar-refractivity contribution in [2.45, 2.75) is 43.6 Å². The van der Waals surface area contributed by atoms with E-state index in [4.69, 9.17) is 11.6 Å². The molecule has 1 saturated carbocycles. The van der Waals surface area contributed by atoms with Gasteiger partial charge in [-0.2, -0.15) is 11.8 Å². The molecular formula is C22H25ClN4OS. The molecule has 2 aromatic heterocycles. The van der Waals surface area contributed by atoms with Crippen molar-refractivity contribution in [3.8, 4) is 0 Å². The highest BCUT2D eigenvalue weighted by Crippen LogP contribution is 2.42. The van der Waals surface area contributed by atoms with Crippen LogP contribution in [-0.4, -0.2) is 32.5 Å². The van der Waals surface area contributed by atoms with Crippen molar-refractivity contribution in [3.05, 3.63) is 65.1 Å². The average Bonchev–Trinajstić information content (AvgIpc) is 3.40. The average molecular weight is 429 g/mol. The molecule has 1 aromatic carbocycles. The zero-order valence-corrected chi connectivity index (χ0v) is 18.0. The van der Waals surface area contributed by atoms with Gasteiger partial charge in [-0.3, -0.25) is 9.20 Å². The molecule has 0 saturated heterocycles. The lowest BCUT2D eigenvalue weighted by atomic mass is 9.77. The van der Waals surface area contributed by atoms with Gasteiger partial charge in [0.05, 0.1) is 11.5 Å². The Kier molecular flexibility index (Phi) is 6.11. The van der Waals surface area contributed by atoms with Crippen LogP contribution in [0.5, 0.6) is 0 Å². The number of amides is 1. The van der Waals surface area contributed by atoms with Crippen LogP contribution in [0.3, 0.4) is 0 Å². The van der Waals surface area contributed by atoms with Crippen LogP contribution >= 0.6 is 23.4 Å². The Morgan fingerprint density at radius 2 is 1.97 bits per heavy atom. The van der Waals surface area contributed by atoms with Gasteiger partial charge < -0.3 is 5.32 Å². The van der Waals surface area contributed by atoms with E-state index in [-0.39, 0.29) is 11.9 Å². The van der Waals surface area contributed by atoms with E-state index in [1.54, 1.807) is 11.8 Å². The second kappa shape index (κ2) is 8.76. The minimum Gasteiger partial charge on any atom is -0.345 e. The Morgan fingerprint density at radius 1 is 1.21 bits per heavy atom. The molecule has 1 aliphatic carbocycles. The van der Waals surface area contributed by atoms with Crippen molar-refractivity contribution in [2.75, 3.05) is 12.0 Å². The molecule has 4 rings (SSSR count). The summed E-state index contributed by atoms with van der Waals surface area (Å²) in [5, 5.41) is 12.7. The number of halogens is 1. The van der Waals surface area contributed by atoms with E-state index >= 15 is 0 Å². The number of rotatable bonds is 7. The van der Waals surface area contributed by atoms with Gasteiger partial charge in [0.2, 0.25) is 5.91 Å². The predicted molar refractivity (Wildman–Crippen MR) is 118 cm³/mol. The molecule has 2 heterocycles. The fourth-order valence-corrected chi connectivity index (χ4v) is 4.89. The van der Waals surface area contributed by atoms with Gasteiger partial charge in [0.15, 0.2) is 11.5 Å². The molecule has 0 bridgehead atoms. The van der Waals surface area contributed by atoms with Crippen LogP contribution in [0.4, 0.5) is 0 Å². The highest BCUT2D eigenvalue weighted by atomic mass is 35.5. The summed E-state index contributed by atoms with van der Waals surface area (Å²) in [4.78, 5) is 13.6. The third-order valence-corrected chi connectivity index (χ3v) is 6.75. The molecule has 0 aliphatic heterocycles. The van der Waals surface area contributed by atoms with E-state index in [2.05, 4.69) is 21.8 Å². The molecule has 1 atom stereocenters. The van der Waals surface area contributed by atoms with Crippen molar-refractivity contribution >= 4 is 34.9 Å². The van der Waals surface area contributed by atoms with Crippen LogP contribution in [0.25, 0.3) is 5.65 Å². The van der Waals surface area contributed by atoms with E-state index in [0.29, 0.717) is 5.02 Å². The summed E-state index contributed by atoms with van der Waals surface area (Å²) < 4.78 is 1.97. The first-order valence-electron chi connectivity index (χ1n) is 10.00. The summed E-state index contributed by atoms with van der Waals surface area (Å²) in [6.45, 7) is 0. The minimum atomic E-state index is -0.497. The van der Waals surface area contributed by atoms with Crippen LogP contribution in [0.1, 0.15) is 49.5 Å². The Bertz CT molecular complexity index is 982. The molecule has 1 fully saturated rings. The highest BCUT2D eigenvalue weighted by Gasteiger charge is 2.43. The monoisotopic (exact) mass is 428 g/mol. The number of hydrogen-bond donors (Lipinski definition) is 1. The zero-order valence-electron chi connectivity index (χ0n) is 16.5. The minimum absolute atomic E-state index is 0.0797. The van der Waals surface area contributed by atoms with Crippen LogP contribution in [0, 0.1) is 0 Å². The molecule has 3 aromatic rings. The van der Waals surface area contributed by atoms with E-state index in [1.165, 1.54) is 0 Å². The summed E-state index contributed by atoms with van der Waals surface area (Å²) in [7, 11) is 0. The van der Waals surface area contributed by atoms with Crippen LogP contribution in [0.2, 0.25) is 5.02 Å². The van der Waals surface area contributed by atoms with E-state index < -0.39 is 5.41 Å². The molecule has 1 amide bonds. The molecule has 152 valence electrons. The number of fused-ring (bicyclic) bond motifs is 1.